The Kier molecular flexibility index (Phi) is 4.38. The molecule has 0 saturated heterocycles. The fraction of sp³-hybridized carbons (Fsp3) is 0.417. The van der Waals surface area contributed by atoms with Crippen molar-refractivity contribution in [2.75, 3.05) is 11.9 Å². The predicted molar refractivity (Wildman–Crippen MR) is 67.4 cm³/mol. The number of carbonyl (C=O) groups is 1. The standard InChI is InChI=1S/C12H16N2O4/c1-12(2,3)18-8-11(15)13-9-6-4-5-7-10(9)14(16)17/h4-7H,8H2,1-3H3,(H,13,15). The van der Waals surface area contributed by atoms with Crippen molar-refractivity contribution in [3.8, 4) is 0 Å². The molecule has 0 saturated carbocycles. The normalized spacial score (nSPS) is 11.1. The number of nitro benzene ring substituents is 1. The molecule has 0 aromatic heterocycles. The van der Waals surface area contributed by atoms with Gasteiger partial charge in [-0.05, 0) is 26.8 Å². The lowest BCUT2D eigenvalue weighted by atomic mass is 10.2. The highest BCUT2D eigenvalue weighted by molar-refractivity contribution is 5.93. The summed E-state index contributed by atoms with van der Waals surface area (Å²) in [7, 11) is 0. The summed E-state index contributed by atoms with van der Waals surface area (Å²) < 4.78 is 5.28. The second-order valence-electron chi connectivity index (χ2n) is 4.72. The lowest BCUT2D eigenvalue weighted by Crippen LogP contribution is -2.27. The molecule has 0 aliphatic heterocycles. The summed E-state index contributed by atoms with van der Waals surface area (Å²) in [6, 6.07) is 5.97. The summed E-state index contributed by atoms with van der Waals surface area (Å²) in [5.74, 6) is -0.417. The number of rotatable bonds is 4. The van der Waals surface area contributed by atoms with Gasteiger partial charge in [0, 0.05) is 6.07 Å². The minimum absolute atomic E-state index is 0.137. The second kappa shape index (κ2) is 5.59. The van der Waals surface area contributed by atoms with Crippen molar-refractivity contribution in [2.24, 2.45) is 0 Å². The zero-order valence-corrected chi connectivity index (χ0v) is 10.6. The first-order valence-electron chi connectivity index (χ1n) is 5.47. The number of nitrogens with zero attached hydrogens (tertiary/aromatic N) is 1. The molecule has 0 unspecified atom stereocenters. The molecule has 1 N–H and O–H groups in total. The van der Waals surface area contributed by atoms with Crippen molar-refractivity contribution in [1.82, 2.24) is 0 Å². The molecule has 98 valence electrons. The van der Waals surface area contributed by atoms with Gasteiger partial charge in [0.15, 0.2) is 0 Å². The fourth-order valence-corrected chi connectivity index (χ4v) is 1.21. The topological polar surface area (TPSA) is 81.5 Å². The SMILES string of the molecule is CC(C)(C)OCC(=O)Nc1ccccc1[N+](=O)[O-]. The Hall–Kier alpha value is -1.95. The van der Waals surface area contributed by atoms with E-state index in [0.29, 0.717) is 0 Å². The van der Waals surface area contributed by atoms with Gasteiger partial charge in [-0.2, -0.15) is 0 Å². The number of carbonyl (C=O) groups excluding carboxylic acids is 1. The van der Waals surface area contributed by atoms with Gasteiger partial charge in [-0.1, -0.05) is 12.1 Å². The van der Waals surface area contributed by atoms with Crippen LogP contribution in [0.1, 0.15) is 20.8 Å². The van der Waals surface area contributed by atoms with Gasteiger partial charge in [-0.25, -0.2) is 0 Å². The van der Waals surface area contributed by atoms with Crippen LogP contribution < -0.4 is 5.32 Å². The molecule has 1 aromatic rings. The number of hydrogen-bond acceptors (Lipinski definition) is 4. The van der Waals surface area contributed by atoms with E-state index in [0.717, 1.165) is 0 Å². The van der Waals surface area contributed by atoms with Gasteiger partial charge < -0.3 is 10.1 Å². The smallest absolute Gasteiger partial charge is 0.292 e. The van der Waals surface area contributed by atoms with Crippen molar-refractivity contribution in [3.05, 3.63) is 34.4 Å². The highest BCUT2D eigenvalue weighted by Crippen LogP contribution is 2.23. The van der Waals surface area contributed by atoms with Crippen LogP contribution in [0.3, 0.4) is 0 Å². The van der Waals surface area contributed by atoms with E-state index in [2.05, 4.69) is 5.32 Å². The van der Waals surface area contributed by atoms with Gasteiger partial charge in [-0.15, -0.1) is 0 Å². The Labute approximate surface area is 105 Å². The minimum Gasteiger partial charge on any atom is -0.366 e. The van der Waals surface area contributed by atoms with Crippen LogP contribution in [0.5, 0.6) is 0 Å². The first-order chi connectivity index (χ1) is 8.29. The third kappa shape index (κ3) is 4.50. The number of hydrogen-bond donors (Lipinski definition) is 1. The van der Waals surface area contributed by atoms with Crippen LogP contribution in [0.25, 0.3) is 0 Å². The third-order valence-electron chi connectivity index (χ3n) is 2.01. The van der Waals surface area contributed by atoms with Crippen molar-refractivity contribution < 1.29 is 14.5 Å². The summed E-state index contributed by atoms with van der Waals surface area (Å²) in [5, 5.41) is 13.2. The average Bonchev–Trinajstić information content (AvgIpc) is 2.26. The van der Waals surface area contributed by atoms with Crippen LogP contribution in [0.2, 0.25) is 0 Å². The average molecular weight is 252 g/mol. The minimum atomic E-state index is -0.541. The van der Waals surface area contributed by atoms with Gasteiger partial charge in [0.05, 0.1) is 10.5 Å². The van der Waals surface area contributed by atoms with E-state index in [1.54, 1.807) is 12.1 Å². The van der Waals surface area contributed by atoms with E-state index in [4.69, 9.17) is 4.74 Å². The maximum atomic E-state index is 11.6. The largest absolute Gasteiger partial charge is 0.366 e. The van der Waals surface area contributed by atoms with E-state index >= 15 is 0 Å². The zero-order chi connectivity index (χ0) is 13.8. The summed E-state index contributed by atoms with van der Waals surface area (Å²) >= 11 is 0. The molecule has 6 heteroatoms. The molecule has 0 atom stereocenters. The van der Waals surface area contributed by atoms with Gasteiger partial charge in [-0.3, -0.25) is 14.9 Å². The molecule has 0 bridgehead atoms. The van der Waals surface area contributed by atoms with Gasteiger partial charge >= 0.3 is 0 Å². The Morgan fingerprint density at radius 2 is 2.00 bits per heavy atom. The molecule has 1 amide bonds. The first-order valence-corrected chi connectivity index (χ1v) is 5.47. The number of anilines is 1. The van der Waals surface area contributed by atoms with E-state index in [1.807, 2.05) is 20.8 Å². The fourth-order valence-electron chi connectivity index (χ4n) is 1.21. The Morgan fingerprint density at radius 1 is 1.39 bits per heavy atom. The van der Waals surface area contributed by atoms with E-state index in [1.165, 1.54) is 12.1 Å². The number of benzene rings is 1. The summed E-state index contributed by atoms with van der Waals surface area (Å²) in [6.45, 7) is 5.33. The predicted octanol–water partition coefficient (Wildman–Crippen LogP) is 2.35. The summed E-state index contributed by atoms with van der Waals surface area (Å²) in [4.78, 5) is 21.8. The number of nitrogens with one attached hydrogen (secondary N) is 1. The third-order valence-corrected chi connectivity index (χ3v) is 2.01. The molecule has 0 radical (unpaired) electrons. The lowest BCUT2D eigenvalue weighted by Gasteiger charge is -2.18. The van der Waals surface area contributed by atoms with Crippen molar-refractivity contribution in [1.29, 1.82) is 0 Å². The molecule has 1 rings (SSSR count). The zero-order valence-electron chi connectivity index (χ0n) is 10.6. The molecular weight excluding hydrogens is 236 g/mol. The van der Waals surface area contributed by atoms with Crippen molar-refractivity contribution >= 4 is 17.3 Å². The van der Waals surface area contributed by atoms with Gasteiger partial charge in [0.2, 0.25) is 0 Å². The molecular formula is C12H16N2O4. The molecule has 0 heterocycles. The monoisotopic (exact) mass is 252 g/mol. The Morgan fingerprint density at radius 3 is 2.56 bits per heavy atom. The van der Waals surface area contributed by atoms with Crippen LogP contribution in [0, 0.1) is 10.1 Å². The summed E-state index contributed by atoms with van der Waals surface area (Å²) in [6.07, 6.45) is 0. The van der Waals surface area contributed by atoms with Crippen LogP contribution in [-0.2, 0) is 9.53 Å². The maximum Gasteiger partial charge on any atom is 0.292 e. The number of para-hydroxylation sites is 2. The number of amides is 1. The van der Waals surface area contributed by atoms with Crippen LogP contribution in [-0.4, -0.2) is 23.0 Å². The van der Waals surface area contributed by atoms with Crippen molar-refractivity contribution in [2.45, 2.75) is 26.4 Å². The molecule has 0 fully saturated rings. The van der Waals surface area contributed by atoms with Gasteiger partial charge in [0.25, 0.3) is 11.6 Å². The van der Waals surface area contributed by atoms with Crippen LogP contribution in [0.4, 0.5) is 11.4 Å². The lowest BCUT2D eigenvalue weighted by molar-refractivity contribution is -0.383. The highest BCUT2D eigenvalue weighted by Gasteiger charge is 2.17. The highest BCUT2D eigenvalue weighted by atomic mass is 16.6. The quantitative estimate of drug-likeness (QED) is 0.658. The van der Waals surface area contributed by atoms with E-state index in [-0.39, 0.29) is 18.0 Å². The molecule has 6 nitrogen and oxygen atoms in total. The molecule has 0 aliphatic carbocycles. The molecule has 18 heavy (non-hydrogen) atoms. The Bertz CT molecular complexity index is 452. The molecule has 0 spiro atoms. The second-order valence-corrected chi connectivity index (χ2v) is 4.72. The summed E-state index contributed by atoms with van der Waals surface area (Å²) in [5.41, 5.74) is -0.397. The maximum absolute atomic E-state index is 11.6. The van der Waals surface area contributed by atoms with Gasteiger partial charge in [0.1, 0.15) is 12.3 Å². The Balaban J connectivity index is 2.68. The number of ether oxygens (including phenoxy) is 1. The van der Waals surface area contributed by atoms with Crippen molar-refractivity contribution in [3.63, 3.8) is 0 Å². The first kappa shape index (κ1) is 14.1. The molecule has 1 aromatic carbocycles. The van der Waals surface area contributed by atoms with E-state index in [9.17, 15) is 14.9 Å². The molecule has 0 aliphatic rings. The number of nitro groups is 1. The van der Waals surface area contributed by atoms with Crippen LogP contribution >= 0.6 is 0 Å². The van der Waals surface area contributed by atoms with Crippen LogP contribution in [0.15, 0.2) is 24.3 Å². The van der Waals surface area contributed by atoms with E-state index < -0.39 is 16.4 Å².